The number of amides is 1. The van der Waals surface area contributed by atoms with Gasteiger partial charge in [0, 0.05) is 18.0 Å². The van der Waals surface area contributed by atoms with Crippen molar-refractivity contribution < 1.29 is 19.4 Å². The van der Waals surface area contributed by atoms with Crippen LogP contribution in [0.3, 0.4) is 0 Å². The highest BCUT2D eigenvalue weighted by Gasteiger charge is 2.48. The number of aromatic nitrogens is 2. The molecule has 2 aromatic carbocycles. The van der Waals surface area contributed by atoms with Gasteiger partial charge in [-0.3, -0.25) is 19.5 Å². The summed E-state index contributed by atoms with van der Waals surface area (Å²) in [6.07, 6.45) is 4.03. The topological polar surface area (TPSA) is 92.6 Å². The number of thiazole rings is 1. The van der Waals surface area contributed by atoms with E-state index >= 15 is 0 Å². The van der Waals surface area contributed by atoms with Gasteiger partial charge in [0.1, 0.15) is 11.5 Å². The zero-order valence-electron chi connectivity index (χ0n) is 20.2. The molecule has 1 amide bonds. The minimum absolute atomic E-state index is 0.00556. The number of hydrogen-bond donors (Lipinski definition) is 1. The summed E-state index contributed by atoms with van der Waals surface area (Å²) >= 11 is 1.35. The number of nitrogens with zero attached hydrogens (tertiary/aromatic N) is 3. The van der Waals surface area contributed by atoms with Crippen LogP contribution in [0.5, 0.6) is 5.75 Å². The molecule has 0 bridgehead atoms. The number of Topliss-reactive ketones (excluding diaryl/α,β-unsaturated/α-hetero) is 1. The lowest BCUT2D eigenvalue weighted by Crippen LogP contribution is -2.29. The number of aliphatic hydroxyl groups excluding tert-OH is 1. The van der Waals surface area contributed by atoms with Gasteiger partial charge in [0.15, 0.2) is 5.13 Å². The van der Waals surface area contributed by atoms with Gasteiger partial charge in [-0.15, -0.1) is 0 Å². The first-order valence-corrected chi connectivity index (χ1v) is 12.5. The summed E-state index contributed by atoms with van der Waals surface area (Å²) in [7, 11) is 0. The zero-order valence-corrected chi connectivity index (χ0v) is 21.0. The molecule has 1 N–H and O–H groups in total. The number of pyridine rings is 1. The molecule has 7 nitrogen and oxygen atoms in total. The molecule has 0 spiro atoms. The van der Waals surface area contributed by atoms with Crippen LogP contribution in [0, 0.1) is 13.8 Å². The second-order valence-corrected chi connectivity index (χ2v) is 9.76. The highest BCUT2D eigenvalue weighted by molar-refractivity contribution is 7.22. The highest BCUT2D eigenvalue weighted by atomic mass is 32.1. The van der Waals surface area contributed by atoms with Gasteiger partial charge in [-0.25, -0.2) is 4.98 Å². The summed E-state index contributed by atoms with van der Waals surface area (Å²) in [6.45, 7) is 6.52. The lowest BCUT2D eigenvalue weighted by molar-refractivity contribution is -0.132. The van der Waals surface area contributed by atoms with Crippen LogP contribution in [-0.2, 0) is 9.59 Å². The van der Waals surface area contributed by atoms with E-state index in [0.717, 1.165) is 27.8 Å². The Labute approximate surface area is 212 Å². The zero-order chi connectivity index (χ0) is 25.4. The third-order valence-electron chi connectivity index (χ3n) is 6.07. The maximum Gasteiger partial charge on any atom is 0.301 e. The van der Waals surface area contributed by atoms with Crippen LogP contribution in [0.2, 0.25) is 0 Å². The van der Waals surface area contributed by atoms with Gasteiger partial charge in [-0.05, 0) is 67.3 Å². The summed E-state index contributed by atoms with van der Waals surface area (Å²) in [6, 6.07) is 13.6. The quantitative estimate of drug-likeness (QED) is 0.207. The van der Waals surface area contributed by atoms with Gasteiger partial charge in [0.2, 0.25) is 0 Å². The lowest BCUT2D eigenvalue weighted by atomic mass is 9.96. The first-order valence-electron chi connectivity index (χ1n) is 11.7. The van der Waals surface area contributed by atoms with Gasteiger partial charge in [0.25, 0.3) is 5.78 Å². The van der Waals surface area contributed by atoms with Gasteiger partial charge in [-0.1, -0.05) is 36.5 Å². The summed E-state index contributed by atoms with van der Waals surface area (Å²) < 4.78 is 6.63. The smallest absolute Gasteiger partial charge is 0.301 e. The number of anilines is 1. The standard InChI is InChI=1S/C28H25N3O4S/c1-4-12-35-20-7-5-6-19(15-20)25(32)22-24(18-8-10-29-11-9-18)31(27(34)26(22)33)28-30-23-17(3)13-16(2)14-21(23)36-28/h5-11,13-15,24,32H,4,12H2,1-3H3. The van der Waals surface area contributed by atoms with E-state index < -0.39 is 17.7 Å². The Morgan fingerprint density at radius 3 is 2.64 bits per heavy atom. The molecule has 3 heterocycles. The monoisotopic (exact) mass is 499 g/mol. The Morgan fingerprint density at radius 2 is 1.89 bits per heavy atom. The van der Waals surface area contributed by atoms with E-state index in [1.165, 1.54) is 16.2 Å². The van der Waals surface area contributed by atoms with Crippen LogP contribution in [-0.4, -0.2) is 33.4 Å². The number of ether oxygens (including phenoxy) is 1. The molecule has 1 unspecified atom stereocenters. The first-order chi connectivity index (χ1) is 17.4. The number of carbonyl (C=O) groups excluding carboxylic acids is 2. The number of ketones is 1. The van der Waals surface area contributed by atoms with Crippen LogP contribution in [0.4, 0.5) is 5.13 Å². The third kappa shape index (κ3) is 4.13. The van der Waals surface area contributed by atoms with Crippen molar-refractivity contribution in [2.24, 2.45) is 0 Å². The molecule has 1 aliphatic heterocycles. The third-order valence-corrected chi connectivity index (χ3v) is 7.07. The summed E-state index contributed by atoms with van der Waals surface area (Å²) in [5.74, 6) is -1.17. The molecule has 8 heteroatoms. The van der Waals surface area contributed by atoms with E-state index in [-0.39, 0.29) is 11.3 Å². The van der Waals surface area contributed by atoms with E-state index in [1.807, 2.05) is 32.9 Å². The molecule has 1 atom stereocenters. The number of benzene rings is 2. The SMILES string of the molecule is CCCOc1cccc(C(O)=C2C(=O)C(=O)N(c3nc4c(C)cc(C)cc4s3)C2c2ccncc2)c1. The average molecular weight is 500 g/mol. The Bertz CT molecular complexity index is 1510. The largest absolute Gasteiger partial charge is 0.507 e. The van der Waals surface area contributed by atoms with Gasteiger partial charge >= 0.3 is 5.91 Å². The van der Waals surface area contributed by atoms with Gasteiger partial charge in [-0.2, -0.15) is 0 Å². The second-order valence-electron chi connectivity index (χ2n) is 8.75. The molecule has 5 rings (SSSR count). The van der Waals surface area contributed by atoms with E-state index in [0.29, 0.717) is 28.6 Å². The predicted molar refractivity (Wildman–Crippen MR) is 140 cm³/mol. The molecule has 0 radical (unpaired) electrons. The van der Waals surface area contributed by atoms with E-state index in [1.54, 1.807) is 48.8 Å². The van der Waals surface area contributed by atoms with Crippen molar-refractivity contribution in [3.05, 3.63) is 88.8 Å². The molecular formula is C28H25N3O4S. The molecular weight excluding hydrogens is 474 g/mol. The number of rotatable bonds is 6. The number of hydrogen-bond acceptors (Lipinski definition) is 7. The van der Waals surface area contributed by atoms with Crippen LogP contribution in [0.1, 0.15) is 41.6 Å². The van der Waals surface area contributed by atoms with Crippen molar-refractivity contribution >= 4 is 44.1 Å². The predicted octanol–water partition coefficient (Wildman–Crippen LogP) is 5.72. The Balaban J connectivity index is 1.68. The van der Waals surface area contributed by atoms with E-state index in [4.69, 9.17) is 9.72 Å². The maximum absolute atomic E-state index is 13.4. The molecule has 1 aliphatic rings. The minimum atomic E-state index is -0.852. The molecule has 1 saturated heterocycles. The number of aliphatic hydroxyl groups is 1. The van der Waals surface area contributed by atoms with Gasteiger partial charge < -0.3 is 9.84 Å². The van der Waals surface area contributed by atoms with E-state index in [9.17, 15) is 14.7 Å². The van der Waals surface area contributed by atoms with Crippen molar-refractivity contribution in [3.8, 4) is 5.75 Å². The van der Waals surface area contributed by atoms with Crippen LogP contribution in [0.15, 0.2) is 66.5 Å². The molecule has 2 aromatic heterocycles. The fraction of sp³-hybridized carbons (Fsp3) is 0.214. The van der Waals surface area contributed by atoms with Crippen molar-refractivity contribution in [2.75, 3.05) is 11.5 Å². The molecule has 4 aromatic rings. The second kappa shape index (κ2) is 9.54. The summed E-state index contributed by atoms with van der Waals surface area (Å²) in [5.41, 5.74) is 3.93. The fourth-order valence-corrected chi connectivity index (χ4v) is 5.63. The van der Waals surface area contributed by atoms with Crippen molar-refractivity contribution in [1.29, 1.82) is 0 Å². The van der Waals surface area contributed by atoms with Crippen molar-refractivity contribution in [3.63, 3.8) is 0 Å². The summed E-state index contributed by atoms with van der Waals surface area (Å²) in [5, 5.41) is 11.8. The number of aryl methyl sites for hydroxylation is 2. The molecule has 1 fully saturated rings. The Hall–Kier alpha value is -4.04. The molecule has 0 saturated carbocycles. The highest BCUT2D eigenvalue weighted by Crippen LogP contribution is 2.44. The Kier molecular flexibility index (Phi) is 6.28. The molecule has 182 valence electrons. The molecule has 36 heavy (non-hydrogen) atoms. The average Bonchev–Trinajstić information content (AvgIpc) is 3.41. The number of fused-ring (bicyclic) bond motifs is 1. The Morgan fingerprint density at radius 1 is 1.11 bits per heavy atom. The van der Waals surface area contributed by atoms with Crippen LogP contribution >= 0.6 is 11.3 Å². The van der Waals surface area contributed by atoms with Crippen LogP contribution < -0.4 is 9.64 Å². The normalized spacial score (nSPS) is 17.2. The van der Waals surface area contributed by atoms with E-state index in [2.05, 4.69) is 4.98 Å². The maximum atomic E-state index is 13.4. The molecule has 0 aliphatic carbocycles. The minimum Gasteiger partial charge on any atom is -0.507 e. The van der Waals surface area contributed by atoms with Crippen LogP contribution in [0.25, 0.3) is 16.0 Å². The lowest BCUT2D eigenvalue weighted by Gasteiger charge is -2.22. The van der Waals surface area contributed by atoms with Gasteiger partial charge in [0.05, 0.1) is 28.4 Å². The summed E-state index contributed by atoms with van der Waals surface area (Å²) in [4.78, 5) is 37.0. The first kappa shape index (κ1) is 23.7. The fourth-order valence-electron chi connectivity index (χ4n) is 4.46. The van der Waals surface area contributed by atoms with Crippen molar-refractivity contribution in [2.45, 2.75) is 33.2 Å². The van der Waals surface area contributed by atoms with Crippen molar-refractivity contribution in [1.82, 2.24) is 9.97 Å². The number of carbonyl (C=O) groups is 2.